The van der Waals surface area contributed by atoms with Crippen LogP contribution >= 0.6 is 0 Å². The average Bonchev–Trinajstić information content (AvgIpc) is 3.31. The third-order valence-corrected chi connectivity index (χ3v) is 6.29. The van der Waals surface area contributed by atoms with Gasteiger partial charge in [0.05, 0.1) is 0 Å². The second kappa shape index (κ2) is 8.32. The molecule has 6 nitrogen and oxygen atoms in total. The Hall–Kier alpha value is -3.12. The van der Waals surface area contributed by atoms with E-state index >= 15 is 0 Å². The first-order valence-corrected chi connectivity index (χ1v) is 10.4. The van der Waals surface area contributed by atoms with Crippen molar-refractivity contribution in [1.29, 1.82) is 5.41 Å². The van der Waals surface area contributed by atoms with Crippen LogP contribution in [0.3, 0.4) is 0 Å². The van der Waals surface area contributed by atoms with Crippen molar-refractivity contribution in [2.24, 2.45) is 12.8 Å². The monoisotopic (exact) mass is 404 g/mol. The van der Waals surface area contributed by atoms with Crippen molar-refractivity contribution in [2.75, 3.05) is 6.54 Å². The summed E-state index contributed by atoms with van der Waals surface area (Å²) in [5.41, 5.74) is 9.49. The Kier molecular flexibility index (Phi) is 5.59. The van der Waals surface area contributed by atoms with Gasteiger partial charge in [0.15, 0.2) is 0 Å². The predicted molar refractivity (Wildman–Crippen MR) is 119 cm³/mol. The van der Waals surface area contributed by atoms with Crippen molar-refractivity contribution >= 4 is 22.7 Å². The standard InChI is InChI=1S/C24H28N4O2/c1-27-20(14-17-9-10-18(23(25)26)15-21(17)27)12-11-19-8-5-13-28(19)22(24(29)30)16-6-3-2-4-7-16/h2-4,6-7,9-10,14-15,19,22H,5,8,11-13H2,1H3,(H3,25,26)(H,29,30)/t19-,22?/m0/s1. The van der Waals surface area contributed by atoms with E-state index in [1.54, 1.807) is 0 Å². The summed E-state index contributed by atoms with van der Waals surface area (Å²) in [6, 6.07) is 17.2. The lowest BCUT2D eigenvalue weighted by atomic mass is 10.0. The molecular weight excluding hydrogens is 376 g/mol. The normalized spacial score (nSPS) is 18.0. The summed E-state index contributed by atoms with van der Waals surface area (Å²) in [4.78, 5) is 14.3. The Labute approximate surface area is 176 Å². The van der Waals surface area contributed by atoms with Gasteiger partial charge in [-0.25, -0.2) is 0 Å². The number of carboxylic acid groups (broad SMARTS) is 1. The third-order valence-electron chi connectivity index (χ3n) is 6.29. The van der Waals surface area contributed by atoms with Gasteiger partial charge in [-0.2, -0.15) is 0 Å². The second-order valence-corrected chi connectivity index (χ2v) is 8.11. The van der Waals surface area contributed by atoms with Crippen molar-refractivity contribution in [3.63, 3.8) is 0 Å². The molecule has 4 rings (SSSR count). The highest BCUT2D eigenvalue weighted by molar-refractivity contribution is 5.98. The molecule has 2 heterocycles. The lowest BCUT2D eigenvalue weighted by Crippen LogP contribution is -2.38. The number of hydrogen-bond donors (Lipinski definition) is 3. The molecule has 0 amide bonds. The number of nitrogen functional groups attached to an aromatic ring is 1. The largest absolute Gasteiger partial charge is 0.480 e. The van der Waals surface area contributed by atoms with Gasteiger partial charge in [0, 0.05) is 29.9 Å². The van der Waals surface area contributed by atoms with Gasteiger partial charge in [0.2, 0.25) is 0 Å². The van der Waals surface area contributed by atoms with E-state index in [4.69, 9.17) is 11.1 Å². The molecule has 1 saturated heterocycles. The Morgan fingerprint density at radius 3 is 2.70 bits per heavy atom. The smallest absolute Gasteiger partial charge is 0.325 e. The van der Waals surface area contributed by atoms with E-state index in [-0.39, 0.29) is 11.9 Å². The predicted octanol–water partition coefficient (Wildman–Crippen LogP) is 3.69. The molecule has 1 aliphatic rings. The maximum atomic E-state index is 12.1. The molecule has 0 bridgehead atoms. The van der Waals surface area contributed by atoms with E-state index in [0.29, 0.717) is 0 Å². The summed E-state index contributed by atoms with van der Waals surface area (Å²) in [7, 11) is 2.04. The minimum atomic E-state index is -0.783. The second-order valence-electron chi connectivity index (χ2n) is 8.11. The number of nitrogens with one attached hydrogen (secondary N) is 1. The van der Waals surface area contributed by atoms with Crippen LogP contribution in [0, 0.1) is 5.41 Å². The van der Waals surface area contributed by atoms with E-state index in [9.17, 15) is 9.90 Å². The maximum Gasteiger partial charge on any atom is 0.325 e. The van der Waals surface area contributed by atoms with Gasteiger partial charge >= 0.3 is 5.97 Å². The fourth-order valence-corrected chi connectivity index (χ4v) is 4.73. The fourth-order valence-electron chi connectivity index (χ4n) is 4.73. The van der Waals surface area contributed by atoms with E-state index in [0.717, 1.165) is 54.3 Å². The number of benzene rings is 2. The van der Waals surface area contributed by atoms with Crippen LogP contribution in [0.2, 0.25) is 0 Å². The minimum absolute atomic E-state index is 0.0712. The molecule has 3 aromatic rings. The lowest BCUT2D eigenvalue weighted by Gasteiger charge is -2.30. The van der Waals surface area contributed by atoms with Gasteiger partial charge in [0.1, 0.15) is 11.9 Å². The van der Waals surface area contributed by atoms with Crippen LogP contribution in [0.5, 0.6) is 0 Å². The summed E-state index contributed by atoms with van der Waals surface area (Å²) < 4.78 is 2.16. The SMILES string of the molecule is Cn1c(CC[C@@H]2CCCN2C(C(=O)O)c2ccccc2)cc2ccc(C(=N)N)cc21. The van der Waals surface area contributed by atoms with Crippen LogP contribution < -0.4 is 5.73 Å². The van der Waals surface area contributed by atoms with Crippen molar-refractivity contribution in [2.45, 2.75) is 37.8 Å². The molecule has 6 heteroatoms. The lowest BCUT2D eigenvalue weighted by molar-refractivity contribution is -0.144. The first-order valence-electron chi connectivity index (χ1n) is 10.4. The minimum Gasteiger partial charge on any atom is -0.480 e. The fraction of sp³-hybridized carbons (Fsp3) is 0.333. The van der Waals surface area contributed by atoms with Crippen molar-refractivity contribution in [1.82, 2.24) is 9.47 Å². The van der Waals surface area contributed by atoms with Crippen LogP contribution in [0.4, 0.5) is 0 Å². The van der Waals surface area contributed by atoms with E-state index in [2.05, 4.69) is 15.5 Å². The van der Waals surface area contributed by atoms with E-state index < -0.39 is 12.0 Å². The number of likely N-dealkylation sites (tertiary alicyclic amines) is 1. The van der Waals surface area contributed by atoms with Gasteiger partial charge in [-0.15, -0.1) is 0 Å². The molecule has 0 spiro atoms. The highest BCUT2D eigenvalue weighted by Gasteiger charge is 2.35. The van der Waals surface area contributed by atoms with Crippen LogP contribution in [-0.4, -0.2) is 39.0 Å². The molecule has 4 N–H and O–H groups in total. The highest BCUT2D eigenvalue weighted by atomic mass is 16.4. The van der Waals surface area contributed by atoms with Gasteiger partial charge in [0.25, 0.3) is 0 Å². The first kappa shape index (κ1) is 20.2. The zero-order valence-corrected chi connectivity index (χ0v) is 17.2. The molecule has 2 atom stereocenters. The number of nitrogens with zero attached hydrogens (tertiary/aromatic N) is 2. The molecular formula is C24H28N4O2. The molecule has 0 saturated carbocycles. The molecule has 1 aromatic heterocycles. The topological polar surface area (TPSA) is 95.3 Å². The first-order chi connectivity index (χ1) is 14.5. The number of aryl methyl sites for hydroxylation is 2. The number of fused-ring (bicyclic) bond motifs is 1. The number of rotatable bonds is 7. The molecule has 1 unspecified atom stereocenters. The molecule has 1 aliphatic heterocycles. The van der Waals surface area contributed by atoms with Crippen LogP contribution in [0.1, 0.15) is 42.1 Å². The van der Waals surface area contributed by atoms with Gasteiger partial charge in [-0.05, 0) is 55.3 Å². The van der Waals surface area contributed by atoms with Crippen molar-refractivity contribution in [3.05, 3.63) is 71.4 Å². The van der Waals surface area contributed by atoms with Gasteiger partial charge in [-0.1, -0.05) is 42.5 Å². The van der Waals surface area contributed by atoms with E-state index in [1.807, 2.05) is 55.6 Å². The number of carboxylic acids is 1. The Morgan fingerprint density at radius 1 is 1.23 bits per heavy atom. The molecule has 0 aliphatic carbocycles. The number of hydrogen-bond acceptors (Lipinski definition) is 3. The summed E-state index contributed by atoms with van der Waals surface area (Å²) in [5, 5.41) is 18.7. The average molecular weight is 405 g/mol. The number of carbonyl (C=O) groups is 1. The Bertz CT molecular complexity index is 1070. The van der Waals surface area contributed by atoms with Gasteiger partial charge in [-0.3, -0.25) is 15.1 Å². The molecule has 1 fully saturated rings. The highest BCUT2D eigenvalue weighted by Crippen LogP contribution is 2.32. The number of amidine groups is 1. The zero-order valence-electron chi connectivity index (χ0n) is 17.2. The quantitative estimate of drug-likeness (QED) is 0.413. The van der Waals surface area contributed by atoms with Crippen molar-refractivity contribution in [3.8, 4) is 0 Å². The summed E-state index contributed by atoms with van der Waals surface area (Å²) in [5.74, 6) is -0.712. The van der Waals surface area contributed by atoms with Gasteiger partial charge < -0.3 is 15.4 Å². The molecule has 0 radical (unpaired) electrons. The molecule has 2 aromatic carbocycles. The molecule has 156 valence electrons. The Morgan fingerprint density at radius 2 is 2.00 bits per heavy atom. The Balaban J connectivity index is 1.53. The van der Waals surface area contributed by atoms with Crippen molar-refractivity contribution < 1.29 is 9.90 Å². The summed E-state index contributed by atoms with van der Waals surface area (Å²) in [6.45, 7) is 0.813. The third kappa shape index (κ3) is 3.83. The van der Waals surface area contributed by atoms with Crippen LogP contribution in [-0.2, 0) is 18.3 Å². The maximum absolute atomic E-state index is 12.1. The summed E-state index contributed by atoms with van der Waals surface area (Å²) >= 11 is 0. The number of nitrogens with two attached hydrogens (primary N) is 1. The molecule has 30 heavy (non-hydrogen) atoms. The number of aromatic nitrogens is 1. The zero-order chi connectivity index (χ0) is 21.3. The summed E-state index contributed by atoms with van der Waals surface area (Å²) in [6.07, 6.45) is 3.84. The van der Waals surface area contributed by atoms with Crippen LogP contribution in [0.15, 0.2) is 54.6 Å². The number of aliphatic carboxylic acids is 1. The van der Waals surface area contributed by atoms with Crippen LogP contribution in [0.25, 0.3) is 10.9 Å². The van der Waals surface area contributed by atoms with E-state index in [1.165, 1.54) is 5.69 Å².